The predicted molar refractivity (Wildman–Crippen MR) is 64.1 cm³/mol. The van der Waals surface area contributed by atoms with Gasteiger partial charge in [-0.15, -0.1) is 11.3 Å². The smallest absolute Gasteiger partial charge is 0.304 e. The van der Waals surface area contributed by atoms with E-state index in [0.29, 0.717) is 3.79 Å². The lowest BCUT2D eigenvalue weighted by molar-refractivity contribution is -0.137. The quantitative estimate of drug-likeness (QED) is 0.861. The molecular weight excluding hydrogens is 318 g/mol. The number of aliphatic carboxylic acids is 1. The molecule has 8 heteroatoms. The summed E-state index contributed by atoms with van der Waals surface area (Å²) in [6.07, 6.45) is -0.244. The maximum Gasteiger partial charge on any atom is 0.304 e. The lowest BCUT2D eigenvalue weighted by Gasteiger charge is -2.10. The minimum Gasteiger partial charge on any atom is -0.481 e. The molecule has 1 heterocycles. The van der Waals surface area contributed by atoms with Crippen molar-refractivity contribution in [1.82, 2.24) is 4.72 Å². The first kappa shape index (κ1) is 13.6. The van der Waals surface area contributed by atoms with Gasteiger partial charge in [0.25, 0.3) is 0 Å². The Hall–Kier alpha value is -0.440. The number of carboxylic acid groups (broad SMARTS) is 1. The van der Waals surface area contributed by atoms with Crippen molar-refractivity contribution in [2.24, 2.45) is 0 Å². The van der Waals surface area contributed by atoms with E-state index in [2.05, 4.69) is 20.7 Å². The number of halogens is 1. The van der Waals surface area contributed by atoms with E-state index < -0.39 is 22.0 Å². The molecule has 0 spiro atoms. The van der Waals surface area contributed by atoms with Gasteiger partial charge >= 0.3 is 5.97 Å². The SMILES string of the molecule is CC(CC(=O)O)NS(=O)(=O)c1ccc(Br)s1. The largest absolute Gasteiger partial charge is 0.481 e. The first-order valence-corrected chi connectivity index (χ1v) is 7.40. The van der Waals surface area contributed by atoms with E-state index in [0.717, 1.165) is 11.3 Å². The van der Waals surface area contributed by atoms with Gasteiger partial charge in [-0.3, -0.25) is 4.79 Å². The standard InChI is InChI=1S/C8H10BrNO4S2/c1-5(4-7(11)12)10-16(13,14)8-3-2-6(9)15-8/h2-3,5,10H,4H2,1H3,(H,11,12). The molecule has 1 aromatic heterocycles. The Morgan fingerprint density at radius 3 is 2.69 bits per heavy atom. The van der Waals surface area contributed by atoms with Crippen LogP contribution in [0, 0.1) is 0 Å². The fraction of sp³-hybridized carbons (Fsp3) is 0.375. The van der Waals surface area contributed by atoms with Gasteiger partial charge < -0.3 is 5.11 Å². The summed E-state index contributed by atoms with van der Waals surface area (Å²) in [5, 5.41) is 8.52. The number of thiophene rings is 1. The van der Waals surface area contributed by atoms with Crippen LogP contribution < -0.4 is 4.72 Å². The molecular formula is C8H10BrNO4S2. The van der Waals surface area contributed by atoms with E-state index in [9.17, 15) is 13.2 Å². The van der Waals surface area contributed by atoms with Crippen molar-refractivity contribution in [3.8, 4) is 0 Å². The van der Waals surface area contributed by atoms with Gasteiger partial charge in [-0.25, -0.2) is 13.1 Å². The van der Waals surface area contributed by atoms with Crippen molar-refractivity contribution in [2.75, 3.05) is 0 Å². The van der Waals surface area contributed by atoms with Crippen molar-refractivity contribution in [3.63, 3.8) is 0 Å². The first-order valence-electron chi connectivity index (χ1n) is 4.31. The second-order valence-electron chi connectivity index (χ2n) is 3.18. The van der Waals surface area contributed by atoms with Crippen LogP contribution >= 0.6 is 27.3 Å². The molecule has 0 aliphatic rings. The number of sulfonamides is 1. The normalized spacial score (nSPS) is 13.6. The molecule has 0 saturated heterocycles. The van der Waals surface area contributed by atoms with E-state index in [1.807, 2.05) is 0 Å². The molecule has 1 unspecified atom stereocenters. The Bertz CT molecular complexity index is 482. The number of nitrogens with one attached hydrogen (secondary N) is 1. The van der Waals surface area contributed by atoms with Crippen LogP contribution in [0.4, 0.5) is 0 Å². The molecule has 0 fully saturated rings. The van der Waals surface area contributed by atoms with Crippen molar-refractivity contribution >= 4 is 43.3 Å². The summed E-state index contributed by atoms with van der Waals surface area (Å²) in [7, 11) is -3.61. The molecule has 0 amide bonds. The molecule has 0 radical (unpaired) electrons. The molecule has 1 atom stereocenters. The topological polar surface area (TPSA) is 83.5 Å². The van der Waals surface area contributed by atoms with Gasteiger partial charge in [-0.2, -0.15) is 0 Å². The highest BCUT2D eigenvalue weighted by atomic mass is 79.9. The summed E-state index contributed by atoms with van der Waals surface area (Å²) < 4.78 is 26.6. The maximum atomic E-state index is 11.7. The Balaban J connectivity index is 2.76. The summed E-state index contributed by atoms with van der Waals surface area (Å²) in [5.41, 5.74) is 0. The van der Waals surface area contributed by atoms with Crippen LogP contribution in [0.15, 0.2) is 20.1 Å². The average molecular weight is 328 g/mol. The minimum absolute atomic E-state index is 0.164. The Labute approximate surface area is 106 Å². The molecule has 16 heavy (non-hydrogen) atoms. The van der Waals surface area contributed by atoms with Crippen molar-refractivity contribution in [1.29, 1.82) is 0 Å². The van der Waals surface area contributed by atoms with Crippen LogP contribution in [-0.2, 0) is 14.8 Å². The summed E-state index contributed by atoms with van der Waals surface area (Å²) in [6, 6.07) is 2.45. The molecule has 90 valence electrons. The monoisotopic (exact) mass is 327 g/mol. The molecule has 0 saturated carbocycles. The van der Waals surface area contributed by atoms with Gasteiger partial charge in [0.1, 0.15) is 4.21 Å². The van der Waals surface area contributed by atoms with Crippen LogP contribution in [-0.4, -0.2) is 25.5 Å². The van der Waals surface area contributed by atoms with Crippen LogP contribution in [0.2, 0.25) is 0 Å². The maximum absolute atomic E-state index is 11.7. The van der Waals surface area contributed by atoms with Crippen LogP contribution in [0.3, 0.4) is 0 Å². The third-order valence-electron chi connectivity index (χ3n) is 1.65. The number of rotatable bonds is 5. The zero-order valence-electron chi connectivity index (χ0n) is 8.31. The van der Waals surface area contributed by atoms with E-state index in [-0.39, 0.29) is 10.6 Å². The second kappa shape index (κ2) is 5.26. The lowest BCUT2D eigenvalue weighted by Crippen LogP contribution is -2.33. The molecule has 1 aromatic rings. The summed E-state index contributed by atoms with van der Waals surface area (Å²) in [6.45, 7) is 1.51. The molecule has 1 rings (SSSR count). The third-order valence-corrected chi connectivity index (χ3v) is 5.36. The highest BCUT2D eigenvalue weighted by Crippen LogP contribution is 2.25. The van der Waals surface area contributed by atoms with Gasteiger partial charge in [0.2, 0.25) is 10.0 Å². The van der Waals surface area contributed by atoms with Gasteiger partial charge in [0.05, 0.1) is 10.2 Å². The fourth-order valence-electron chi connectivity index (χ4n) is 1.07. The van der Waals surface area contributed by atoms with Crippen molar-refractivity contribution in [3.05, 3.63) is 15.9 Å². The van der Waals surface area contributed by atoms with Crippen LogP contribution in [0.5, 0.6) is 0 Å². The molecule has 0 aromatic carbocycles. The van der Waals surface area contributed by atoms with E-state index in [1.54, 1.807) is 6.07 Å². The fourth-order valence-corrected chi connectivity index (χ4v) is 4.34. The zero-order valence-corrected chi connectivity index (χ0v) is 11.5. The molecule has 0 bridgehead atoms. The van der Waals surface area contributed by atoms with Gasteiger partial charge in [0, 0.05) is 6.04 Å². The first-order chi connectivity index (χ1) is 7.31. The highest BCUT2D eigenvalue weighted by molar-refractivity contribution is 9.11. The number of carboxylic acids is 1. The van der Waals surface area contributed by atoms with Crippen LogP contribution in [0.1, 0.15) is 13.3 Å². The number of carbonyl (C=O) groups is 1. The second-order valence-corrected chi connectivity index (χ2v) is 7.58. The molecule has 5 nitrogen and oxygen atoms in total. The third kappa shape index (κ3) is 3.85. The van der Waals surface area contributed by atoms with Crippen molar-refractivity contribution < 1.29 is 18.3 Å². The van der Waals surface area contributed by atoms with E-state index in [1.165, 1.54) is 13.0 Å². The highest BCUT2D eigenvalue weighted by Gasteiger charge is 2.20. The lowest BCUT2D eigenvalue weighted by atomic mass is 10.3. The summed E-state index contributed by atoms with van der Waals surface area (Å²) >= 11 is 4.24. The van der Waals surface area contributed by atoms with E-state index >= 15 is 0 Å². The van der Waals surface area contributed by atoms with Gasteiger partial charge in [-0.1, -0.05) is 0 Å². The Morgan fingerprint density at radius 2 is 2.25 bits per heavy atom. The molecule has 0 aliphatic carbocycles. The minimum atomic E-state index is -3.61. The van der Waals surface area contributed by atoms with Crippen LogP contribution in [0.25, 0.3) is 0 Å². The average Bonchev–Trinajstić information content (AvgIpc) is 2.49. The predicted octanol–water partition coefficient (Wildman–Crippen LogP) is 1.65. The van der Waals surface area contributed by atoms with Crippen molar-refractivity contribution in [2.45, 2.75) is 23.6 Å². The summed E-state index contributed by atoms with van der Waals surface area (Å²) in [4.78, 5) is 10.4. The Morgan fingerprint density at radius 1 is 1.62 bits per heavy atom. The Kier molecular flexibility index (Phi) is 4.48. The number of hydrogen-bond donors (Lipinski definition) is 2. The van der Waals surface area contributed by atoms with Gasteiger partial charge in [0.15, 0.2) is 0 Å². The molecule has 0 aliphatic heterocycles. The van der Waals surface area contributed by atoms with Gasteiger partial charge in [-0.05, 0) is 35.0 Å². The number of hydrogen-bond acceptors (Lipinski definition) is 4. The summed E-state index contributed by atoms with van der Waals surface area (Å²) in [5.74, 6) is -1.04. The molecule has 2 N–H and O–H groups in total. The zero-order chi connectivity index (χ0) is 12.3. The van der Waals surface area contributed by atoms with E-state index in [4.69, 9.17) is 5.11 Å².